The Balaban J connectivity index is 2.44. The Hall–Kier alpha value is -2.61. The van der Waals surface area contributed by atoms with Crippen molar-refractivity contribution in [2.24, 2.45) is 0 Å². The van der Waals surface area contributed by atoms with Gasteiger partial charge in [0, 0.05) is 17.2 Å². The van der Waals surface area contributed by atoms with Gasteiger partial charge in [-0.1, -0.05) is 19.1 Å². The zero-order chi connectivity index (χ0) is 19.7. The smallest absolute Gasteiger partial charge is 0.264 e. The zero-order valence-electron chi connectivity index (χ0n) is 15.1. The van der Waals surface area contributed by atoms with E-state index in [0.717, 1.165) is 0 Å². The third kappa shape index (κ3) is 3.49. The van der Waals surface area contributed by atoms with Gasteiger partial charge in [-0.05, 0) is 43.8 Å². The van der Waals surface area contributed by atoms with Crippen molar-refractivity contribution in [3.05, 3.63) is 51.0 Å². The number of aromatic amines is 1. The lowest BCUT2D eigenvalue weighted by Gasteiger charge is -2.18. The molecule has 1 atom stereocenters. The molecule has 2 heterocycles. The van der Waals surface area contributed by atoms with Gasteiger partial charge in [-0.2, -0.15) is 0 Å². The van der Waals surface area contributed by atoms with Crippen molar-refractivity contribution in [1.29, 1.82) is 0 Å². The maximum atomic E-state index is 13.8. The molecule has 0 aliphatic heterocycles. The molecule has 8 heteroatoms. The summed E-state index contributed by atoms with van der Waals surface area (Å²) in [6, 6.07) is 8.10. The van der Waals surface area contributed by atoms with E-state index in [4.69, 9.17) is 17.0 Å². The molecule has 5 nitrogen and oxygen atoms in total. The van der Waals surface area contributed by atoms with Crippen molar-refractivity contribution in [3.63, 3.8) is 0 Å². The predicted molar refractivity (Wildman–Crippen MR) is 103 cm³/mol. The molecule has 0 spiro atoms. The Bertz CT molecular complexity index is 1110. The quantitative estimate of drug-likeness (QED) is 0.619. The number of methoxy groups -OCH3 is 1. The highest BCUT2D eigenvalue weighted by Gasteiger charge is 2.21. The molecular formula is C19H19F2N3O2S. The Kier molecular flexibility index (Phi) is 5.36. The summed E-state index contributed by atoms with van der Waals surface area (Å²) in [6.07, 6.45) is -2.13. The van der Waals surface area contributed by atoms with Gasteiger partial charge in [0.15, 0.2) is 4.77 Å². The molecule has 3 rings (SSSR count). The Morgan fingerprint density at radius 3 is 2.70 bits per heavy atom. The lowest BCUT2D eigenvalue weighted by molar-refractivity contribution is 0.153. The van der Waals surface area contributed by atoms with Crippen LogP contribution < -0.4 is 10.3 Å². The molecule has 0 saturated heterocycles. The summed E-state index contributed by atoms with van der Waals surface area (Å²) in [5.74, 6) is 0.581. The van der Waals surface area contributed by atoms with Crippen LogP contribution in [0.15, 0.2) is 35.1 Å². The van der Waals surface area contributed by atoms with Crippen molar-refractivity contribution in [2.45, 2.75) is 32.7 Å². The van der Waals surface area contributed by atoms with Gasteiger partial charge >= 0.3 is 0 Å². The monoisotopic (exact) mass is 391 g/mol. The second kappa shape index (κ2) is 7.56. The number of halogens is 2. The number of rotatable bonds is 5. The molecule has 0 aliphatic carbocycles. The second-order valence-corrected chi connectivity index (χ2v) is 6.60. The fraction of sp³-hybridized carbons (Fsp3) is 0.316. The minimum Gasteiger partial charge on any atom is -0.497 e. The van der Waals surface area contributed by atoms with Crippen molar-refractivity contribution in [2.75, 3.05) is 7.11 Å². The van der Waals surface area contributed by atoms with Crippen molar-refractivity contribution in [1.82, 2.24) is 14.5 Å². The van der Waals surface area contributed by atoms with Crippen LogP contribution in [0, 0.1) is 4.77 Å². The number of aromatic nitrogens is 3. The first-order valence-electron chi connectivity index (χ1n) is 8.49. The molecule has 0 unspecified atom stereocenters. The third-order valence-corrected chi connectivity index (χ3v) is 4.86. The van der Waals surface area contributed by atoms with E-state index < -0.39 is 12.0 Å². The predicted octanol–water partition coefficient (Wildman–Crippen LogP) is 5.04. The van der Waals surface area contributed by atoms with Crippen LogP contribution in [0.1, 0.15) is 38.3 Å². The molecule has 3 aromatic rings. The van der Waals surface area contributed by atoms with E-state index in [9.17, 15) is 13.6 Å². The average Bonchev–Trinajstić information content (AvgIpc) is 2.66. The standard InChI is InChI=1S/C19H19F2N3O2S/c1-4-10(2)24-17-15(18(25)23-19(24)27)13(16(20)21)9-14(22-17)11-6-5-7-12(8-11)26-3/h5-10,16H,4H2,1-3H3,(H,23,25,27)/t10-/m0/s1. The van der Waals surface area contributed by atoms with E-state index >= 15 is 0 Å². The number of hydrogen-bond acceptors (Lipinski definition) is 4. The number of ether oxygens (including phenoxy) is 1. The van der Waals surface area contributed by atoms with E-state index in [1.807, 2.05) is 13.8 Å². The van der Waals surface area contributed by atoms with Gasteiger partial charge in [0.2, 0.25) is 0 Å². The molecule has 0 amide bonds. The van der Waals surface area contributed by atoms with Crippen LogP contribution in [0.25, 0.3) is 22.3 Å². The SMILES string of the molecule is CC[C@H](C)n1c(=S)[nH]c(=O)c2c(C(F)F)cc(-c3cccc(OC)c3)nc21. The number of H-pyrrole nitrogens is 1. The molecule has 142 valence electrons. The van der Waals surface area contributed by atoms with Gasteiger partial charge in [-0.3, -0.25) is 14.3 Å². The van der Waals surface area contributed by atoms with Gasteiger partial charge in [0.25, 0.3) is 12.0 Å². The summed E-state index contributed by atoms with van der Waals surface area (Å²) in [4.78, 5) is 19.4. The van der Waals surface area contributed by atoms with E-state index in [1.54, 1.807) is 28.8 Å². The molecule has 0 radical (unpaired) electrons. The zero-order valence-corrected chi connectivity index (χ0v) is 15.9. The van der Waals surface area contributed by atoms with Crippen molar-refractivity contribution < 1.29 is 13.5 Å². The number of alkyl halides is 2. The first-order valence-corrected chi connectivity index (χ1v) is 8.90. The van der Waals surface area contributed by atoms with Crippen LogP contribution >= 0.6 is 12.2 Å². The number of nitrogens with one attached hydrogen (secondary N) is 1. The lowest BCUT2D eigenvalue weighted by Crippen LogP contribution is -2.19. The fourth-order valence-electron chi connectivity index (χ4n) is 2.97. The van der Waals surface area contributed by atoms with Crippen LogP contribution in [0.2, 0.25) is 0 Å². The van der Waals surface area contributed by atoms with Crippen LogP contribution in [0.5, 0.6) is 5.75 Å². The summed E-state index contributed by atoms with van der Waals surface area (Å²) in [6.45, 7) is 3.85. The minimum atomic E-state index is -2.83. The van der Waals surface area contributed by atoms with E-state index in [-0.39, 0.29) is 27.4 Å². The van der Waals surface area contributed by atoms with Crippen LogP contribution in [0.3, 0.4) is 0 Å². The Labute approximate surface area is 159 Å². The van der Waals surface area contributed by atoms with Gasteiger partial charge in [-0.25, -0.2) is 13.8 Å². The van der Waals surface area contributed by atoms with Crippen LogP contribution in [-0.4, -0.2) is 21.6 Å². The molecule has 1 aromatic carbocycles. The molecule has 0 fully saturated rings. The largest absolute Gasteiger partial charge is 0.497 e. The van der Waals surface area contributed by atoms with E-state index in [0.29, 0.717) is 23.4 Å². The topological polar surface area (TPSA) is 59.9 Å². The summed E-state index contributed by atoms with van der Waals surface area (Å²) in [5.41, 5.74) is 0.0724. The molecule has 0 aliphatic rings. The maximum absolute atomic E-state index is 13.8. The Morgan fingerprint density at radius 2 is 2.07 bits per heavy atom. The number of nitrogens with zero attached hydrogens (tertiary/aromatic N) is 2. The summed E-state index contributed by atoms with van der Waals surface area (Å²) >= 11 is 5.28. The third-order valence-electron chi connectivity index (χ3n) is 4.56. The molecule has 0 saturated carbocycles. The first kappa shape index (κ1) is 19.2. The summed E-state index contributed by atoms with van der Waals surface area (Å²) < 4.78 is 34.6. The fourth-order valence-corrected chi connectivity index (χ4v) is 3.33. The lowest BCUT2D eigenvalue weighted by atomic mass is 10.1. The maximum Gasteiger partial charge on any atom is 0.264 e. The summed E-state index contributed by atoms with van der Waals surface area (Å²) in [7, 11) is 1.53. The highest BCUT2D eigenvalue weighted by Crippen LogP contribution is 2.31. The average molecular weight is 391 g/mol. The molecule has 2 aromatic heterocycles. The van der Waals surface area contributed by atoms with Crippen molar-refractivity contribution >= 4 is 23.3 Å². The highest BCUT2D eigenvalue weighted by molar-refractivity contribution is 7.71. The second-order valence-electron chi connectivity index (χ2n) is 6.21. The first-order chi connectivity index (χ1) is 12.9. The number of fused-ring (bicyclic) bond motifs is 1. The van der Waals surface area contributed by atoms with Crippen molar-refractivity contribution in [3.8, 4) is 17.0 Å². The molecular weight excluding hydrogens is 372 g/mol. The molecule has 0 bridgehead atoms. The van der Waals surface area contributed by atoms with Gasteiger partial charge in [0.1, 0.15) is 11.4 Å². The normalized spacial score (nSPS) is 12.5. The minimum absolute atomic E-state index is 0.115. The molecule has 27 heavy (non-hydrogen) atoms. The van der Waals surface area contributed by atoms with Crippen LogP contribution in [0.4, 0.5) is 8.78 Å². The van der Waals surface area contributed by atoms with E-state index in [1.165, 1.54) is 13.2 Å². The Morgan fingerprint density at radius 1 is 1.33 bits per heavy atom. The van der Waals surface area contributed by atoms with E-state index in [2.05, 4.69) is 9.97 Å². The van der Waals surface area contributed by atoms with Gasteiger partial charge in [0.05, 0.1) is 18.2 Å². The summed E-state index contributed by atoms with van der Waals surface area (Å²) in [5, 5.41) is -0.134. The van der Waals surface area contributed by atoms with Crippen LogP contribution in [-0.2, 0) is 0 Å². The number of benzene rings is 1. The molecule has 1 N–H and O–H groups in total. The van der Waals surface area contributed by atoms with Gasteiger partial charge < -0.3 is 4.74 Å². The number of pyridine rings is 1. The number of hydrogen-bond donors (Lipinski definition) is 1. The van der Waals surface area contributed by atoms with Gasteiger partial charge in [-0.15, -0.1) is 0 Å². The highest BCUT2D eigenvalue weighted by atomic mass is 32.1.